The lowest BCUT2D eigenvalue weighted by Gasteiger charge is -2.47. The Morgan fingerprint density at radius 2 is 1.09 bits per heavy atom. The molecule has 1 aliphatic carbocycles. The van der Waals surface area contributed by atoms with Crippen LogP contribution in [0, 0.1) is 29.6 Å². The number of rotatable bonds is 47. The zero-order valence-electron chi connectivity index (χ0n) is 67.5. The Bertz CT molecular complexity index is 2580. The summed E-state index contributed by atoms with van der Waals surface area (Å²) in [5.74, 6) is -10.1. The number of esters is 5. The summed E-state index contributed by atoms with van der Waals surface area (Å²) in [5.41, 5.74) is 1.51. The first-order chi connectivity index (χ1) is 51.0. The molecule has 106 heavy (non-hydrogen) atoms. The van der Waals surface area contributed by atoms with Crippen molar-refractivity contribution in [1.29, 1.82) is 0 Å². The van der Waals surface area contributed by atoms with Crippen LogP contribution >= 0.6 is 0 Å². The molecule has 608 valence electrons. The van der Waals surface area contributed by atoms with Crippen LogP contribution in [0.3, 0.4) is 0 Å². The van der Waals surface area contributed by atoms with E-state index in [-0.39, 0.29) is 94.3 Å². The van der Waals surface area contributed by atoms with E-state index in [1.165, 1.54) is 135 Å². The summed E-state index contributed by atoms with van der Waals surface area (Å²) in [4.78, 5) is 112. The van der Waals surface area contributed by atoms with Crippen LogP contribution in [0.2, 0.25) is 0 Å². The number of ether oxygens (including phenoxy) is 9. The molecule has 3 heterocycles. The summed E-state index contributed by atoms with van der Waals surface area (Å²) in [7, 11) is 4.59. The number of piperidine rings is 1. The maximum atomic E-state index is 14.8. The topological polar surface area (TPSA) is 263 Å². The Morgan fingerprint density at radius 3 is 1.60 bits per heavy atom. The van der Waals surface area contributed by atoms with E-state index in [1.54, 1.807) is 34.0 Å². The molecule has 1 amide bonds. The largest absolute Gasteiger partial charge is 0.462 e. The van der Waals surface area contributed by atoms with Crippen molar-refractivity contribution in [3.05, 3.63) is 36.0 Å². The number of methoxy groups -OCH3 is 3. The highest BCUT2D eigenvalue weighted by Crippen LogP contribution is 2.40. The second-order valence-corrected chi connectivity index (χ2v) is 31.8. The van der Waals surface area contributed by atoms with Gasteiger partial charge in [0.2, 0.25) is 5.79 Å². The van der Waals surface area contributed by atoms with Crippen LogP contribution in [-0.4, -0.2) is 164 Å². The Hall–Kier alpha value is -4.86. The van der Waals surface area contributed by atoms with Crippen LogP contribution < -0.4 is 0 Å². The summed E-state index contributed by atoms with van der Waals surface area (Å²) in [6.45, 7) is 17.1. The Kier molecular flexibility index (Phi) is 47.5. The van der Waals surface area contributed by atoms with Crippen molar-refractivity contribution in [2.75, 3.05) is 41.1 Å². The molecule has 0 aromatic rings. The van der Waals surface area contributed by atoms with Gasteiger partial charge in [0.05, 0.1) is 24.4 Å². The molecule has 0 aromatic carbocycles. The first-order valence-electron chi connectivity index (χ1n) is 42.0. The minimum atomic E-state index is -2.57. The lowest BCUT2D eigenvalue weighted by Crippen LogP contribution is -2.64. The minimum absolute atomic E-state index is 0.0345. The smallest absolute Gasteiger partial charge is 0.329 e. The molecule has 1 saturated carbocycles. The summed E-state index contributed by atoms with van der Waals surface area (Å²) >= 11 is 0. The van der Waals surface area contributed by atoms with Crippen LogP contribution in [0.25, 0.3) is 0 Å². The van der Waals surface area contributed by atoms with E-state index < -0.39 is 108 Å². The average Bonchev–Trinajstić information content (AvgIpc) is 0.777. The van der Waals surface area contributed by atoms with Gasteiger partial charge in [0.1, 0.15) is 43.4 Å². The number of aliphatic hydroxyl groups excluding tert-OH is 1. The second kappa shape index (κ2) is 53.9. The van der Waals surface area contributed by atoms with E-state index in [9.17, 15) is 48.6 Å². The molecule has 2 saturated heterocycles. The zero-order valence-corrected chi connectivity index (χ0v) is 67.5. The molecule has 20 heteroatoms. The predicted molar refractivity (Wildman–Crippen MR) is 412 cm³/mol. The number of hydrogen-bond donors (Lipinski definition) is 2. The molecule has 14 atom stereocenters. The monoisotopic (exact) mass is 1500 g/mol. The van der Waals surface area contributed by atoms with E-state index in [2.05, 4.69) is 20.4 Å². The van der Waals surface area contributed by atoms with Crippen LogP contribution in [0.5, 0.6) is 0 Å². The minimum Gasteiger partial charge on any atom is -0.462 e. The molecule has 2 bridgehead atoms. The maximum Gasteiger partial charge on any atom is 0.329 e. The summed E-state index contributed by atoms with van der Waals surface area (Å²) in [5, 5.41) is 24.3. The third kappa shape index (κ3) is 35.0. The number of carbonyl (C=O) groups excluding carboxylic acids is 8. The number of ketones is 2. The van der Waals surface area contributed by atoms with Gasteiger partial charge in [-0.25, -0.2) is 4.79 Å². The van der Waals surface area contributed by atoms with Gasteiger partial charge >= 0.3 is 29.8 Å². The summed E-state index contributed by atoms with van der Waals surface area (Å²) < 4.78 is 53.6. The molecule has 0 aromatic heterocycles. The fraction of sp³-hybridized carbons (Fsp3) is 0.837. The summed E-state index contributed by atoms with van der Waals surface area (Å²) in [6, 6.07) is -1.22. The van der Waals surface area contributed by atoms with Gasteiger partial charge in [-0.1, -0.05) is 219 Å². The van der Waals surface area contributed by atoms with Gasteiger partial charge in [0.25, 0.3) is 11.7 Å². The van der Waals surface area contributed by atoms with Crippen molar-refractivity contribution in [3.8, 4) is 0 Å². The Balaban J connectivity index is 1.35. The van der Waals surface area contributed by atoms with Crippen molar-refractivity contribution in [2.45, 2.75) is 392 Å². The first-order valence-corrected chi connectivity index (χ1v) is 42.0. The number of carbonyl (C=O) groups is 8. The number of Topliss-reactive ketones (excluding diaryl/α,β-unsaturated/α-hetero) is 2. The number of nitrogens with zero attached hydrogens (tertiary/aromatic N) is 1. The Morgan fingerprint density at radius 1 is 0.613 bits per heavy atom. The highest BCUT2D eigenvalue weighted by molar-refractivity contribution is 6.39. The number of amides is 1. The fourth-order valence-corrected chi connectivity index (χ4v) is 15.9. The lowest BCUT2D eigenvalue weighted by atomic mass is 9.81. The van der Waals surface area contributed by atoms with Gasteiger partial charge in [0.15, 0.2) is 6.10 Å². The first kappa shape index (κ1) is 93.5. The van der Waals surface area contributed by atoms with Gasteiger partial charge in [-0.05, 0) is 121 Å². The molecule has 2 unspecified atom stereocenters. The number of cyclic esters (lactones) is 1. The lowest BCUT2D eigenvalue weighted by molar-refractivity contribution is -0.302. The van der Waals surface area contributed by atoms with Crippen molar-refractivity contribution in [1.82, 2.24) is 4.90 Å². The van der Waals surface area contributed by atoms with E-state index in [1.807, 2.05) is 26.0 Å². The van der Waals surface area contributed by atoms with Crippen LogP contribution in [0.4, 0.5) is 0 Å². The van der Waals surface area contributed by atoms with Gasteiger partial charge < -0.3 is 57.7 Å². The van der Waals surface area contributed by atoms with Gasteiger partial charge in [-0.15, -0.1) is 6.58 Å². The second-order valence-electron chi connectivity index (χ2n) is 31.8. The molecule has 4 aliphatic rings. The molecular weight excluding hydrogens is 1350 g/mol. The SMILES string of the molecule is C=CC[C@@H]1/C=C(\C)C[C@H](C)C[C@H](OC)C2O[C@@](O)(C(=O)C(=O)N3CCCC[C@H]3C(=O)O[C@H](/C(C)=C/C3CC[C@@H](OC(=O)CCCCCC(=O)OC(COC(=O)CCCCCCCCCCCCCCC)COC(=O)CCCCCCCCCCCCCCC)[C@H](OC)C3)[C@H](C)[C@@H](O)CC1=O)[C@H](C)C[C@@H]2OC. The predicted octanol–water partition coefficient (Wildman–Crippen LogP) is 17.1. The molecule has 0 spiro atoms. The van der Waals surface area contributed by atoms with Crippen molar-refractivity contribution >= 4 is 47.3 Å². The van der Waals surface area contributed by atoms with Crippen molar-refractivity contribution in [2.24, 2.45) is 29.6 Å². The number of hydrogen-bond acceptors (Lipinski definition) is 19. The molecule has 3 fully saturated rings. The number of aliphatic hydroxyl groups is 2. The maximum absolute atomic E-state index is 14.8. The van der Waals surface area contributed by atoms with Gasteiger partial charge in [-0.2, -0.15) is 0 Å². The van der Waals surface area contributed by atoms with Crippen LogP contribution in [0.1, 0.15) is 331 Å². The van der Waals surface area contributed by atoms with Gasteiger partial charge in [0, 0.05) is 77.7 Å². The fourth-order valence-electron chi connectivity index (χ4n) is 15.9. The third-order valence-corrected chi connectivity index (χ3v) is 22.5. The zero-order chi connectivity index (χ0) is 77.7. The quantitative estimate of drug-likeness (QED) is 0.0188. The number of allylic oxidation sites excluding steroid dienone is 4. The van der Waals surface area contributed by atoms with Crippen LogP contribution in [0.15, 0.2) is 36.0 Å². The standard InChI is InChI=1S/C86H145NO19/c1-12-15-17-19-21-23-25-27-29-31-33-35-38-46-77(90)101-60-69(61-102-78(91)47-39-36-34-32-30-28-26-24-22-20-18-16-13-2)103-79(92)48-40-37-41-49-80(93)104-73-51-50-67(58-74(73)98-9)56-64(6)81-66(8)71(88)59-72(89)68(44-14-3)54-62(4)53-63(5)55-75(99-10)82-76(100-11)57-65(7)86(97,106-82)83(94)84(95)87-52-43-42-45-70(87)85(96)105-81/h14,54,56,63,65-71,73-76,81-82,88,97H,3,12-13,15-53,55,57-61H2,1-2,4-11H3/b62-54+,64-56+/t63-,65+,66+,67?,68+,70-,71-,73+,74+,75-,76-,81+,82?,86+/m0/s1. The third-order valence-electron chi connectivity index (χ3n) is 22.5. The van der Waals surface area contributed by atoms with E-state index >= 15 is 0 Å². The normalized spacial score (nSPS) is 27.3. The molecular formula is C86H145NO19. The van der Waals surface area contributed by atoms with E-state index in [4.69, 9.17) is 42.6 Å². The number of fused-ring (bicyclic) bond motifs is 3. The highest BCUT2D eigenvalue weighted by atomic mass is 16.7. The van der Waals surface area contributed by atoms with Crippen LogP contribution in [-0.2, 0) is 81.0 Å². The average molecular weight is 1500 g/mol. The molecule has 3 aliphatic heterocycles. The molecule has 4 rings (SSSR count). The van der Waals surface area contributed by atoms with Crippen molar-refractivity contribution < 1.29 is 91.2 Å². The molecule has 2 N–H and O–H groups in total. The van der Waals surface area contributed by atoms with E-state index in [0.29, 0.717) is 89.0 Å². The molecule has 0 radical (unpaired) electrons. The van der Waals surface area contributed by atoms with Crippen molar-refractivity contribution in [3.63, 3.8) is 0 Å². The highest BCUT2D eigenvalue weighted by Gasteiger charge is 2.57. The van der Waals surface area contributed by atoms with E-state index in [0.717, 1.165) is 44.1 Å². The summed E-state index contributed by atoms with van der Waals surface area (Å²) in [6.07, 6.45) is 35.9. The Labute approximate surface area is 638 Å². The number of unbranched alkanes of at least 4 members (excludes halogenated alkanes) is 26. The van der Waals surface area contributed by atoms with Gasteiger partial charge in [-0.3, -0.25) is 33.6 Å². The molecule has 20 nitrogen and oxygen atoms in total.